The molecule has 0 fully saturated rings. The van der Waals surface area contributed by atoms with Gasteiger partial charge in [0.15, 0.2) is 0 Å². The van der Waals surface area contributed by atoms with Crippen molar-refractivity contribution in [1.82, 2.24) is 0 Å². The van der Waals surface area contributed by atoms with Gasteiger partial charge in [0, 0.05) is 0 Å². The number of nitriles is 1. The quantitative estimate of drug-likeness (QED) is 0.460. The summed E-state index contributed by atoms with van der Waals surface area (Å²) in [5, 5.41) is 8.73. The minimum Gasteiger partial charge on any atom is -0.462 e. The first-order valence-electron chi connectivity index (χ1n) is 7.63. The lowest BCUT2D eigenvalue weighted by atomic mass is 10.1. The maximum absolute atomic E-state index is 12.1. The van der Waals surface area contributed by atoms with Crippen molar-refractivity contribution in [2.45, 2.75) is 19.8 Å². The van der Waals surface area contributed by atoms with E-state index in [4.69, 9.17) is 14.7 Å². The minimum absolute atomic E-state index is 0.324. The highest BCUT2D eigenvalue weighted by Gasteiger charge is 2.11. The number of unbranched alkanes of at least 4 members (excludes halogenated alkanes) is 1. The van der Waals surface area contributed by atoms with Crippen molar-refractivity contribution >= 4 is 11.9 Å². The normalized spacial score (nSPS) is 9.83. The van der Waals surface area contributed by atoms with E-state index < -0.39 is 11.9 Å². The molecule has 5 heteroatoms. The third kappa shape index (κ3) is 4.68. The standard InChI is InChI=1S/C19H17NO4/c1-2-3-12-23-18(21)15-6-8-16(9-7-15)19(22)24-17-10-4-14(13-20)5-11-17/h4-11H,2-3,12H2,1H3. The molecule has 0 aliphatic rings. The Morgan fingerprint density at radius 2 is 1.54 bits per heavy atom. The van der Waals surface area contributed by atoms with Crippen LogP contribution in [0.15, 0.2) is 48.5 Å². The first kappa shape index (κ1) is 17.2. The smallest absolute Gasteiger partial charge is 0.343 e. The fourth-order valence-electron chi connectivity index (χ4n) is 1.90. The summed E-state index contributed by atoms with van der Waals surface area (Å²) in [6, 6.07) is 14.3. The number of benzene rings is 2. The average Bonchev–Trinajstić information content (AvgIpc) is 2.62. The van der Waals surface area contributed by atoms with Crippen molar-refractivity contribution in [3.05, 3.63) is 65.2 Å². The average molecular weight is 323 g/mol. The largest absolute Gasteiger partial charge is 0.462 e. The second-order valence-corrected chi connectivity index (χ2v) is 5.09. The van der Waals surface area contributed by atoms with Crippen LogP contribution in [0.4, 0.5) is 0 Å². The van der Waals surface area contributed by atoms with E-state index in [1.165, 1.54) is 24.3 Å². The maximum atomic E-state index is 12.1. The SMILES string of the molecule is CCCCOC(=O)c1ccc(C(=O)Oc2ccc(C#N)cc2)cc1. The van der Waals surface area contributed by atoms with Crippen molar-refractivity contribution in [2.75, 3.05) is 6.61 Å². The molecule has 0 bridgehead atoms. The van der Waals surface area contributed by atoms with Crippen LogP contribution in [-0.2, 0) is 4.74 Å². The highest BCUT2D eigenvalue weighted by molar-refractivity contribution is 5.94. The van der Waals surface area contributed by atoms with Crippen LogP contribution in [0.25, 0.3) is 0 Å². The summed E-state index contributed by atoms with van der Waals surface area (Å²) in [6.45, 7) is 2.40. The molecule has 0 aliphatic heterocycles. The zero-order chi connectivity index (χ0) is 17.4. The van der Waals surface area contributed by atoms with E-state index in [0.717, 1.165) is 12.8 Å². The van der Waals surface area contributed by atoms with Crippen molar-refractivity contribution in [1.29, 1.82) is 5.26 Å². The number of nitrogens with zero attached hydrogens (tertiary/aromatic N) is 1. The number of esters is 2. The zero-order valence-electron chi connectivity index (χ0n) is 13.3. The Morgan fingerprint density at radius 1 is 0.958 bits per heavy atom. The molecule has 0 aromatic heterocycles. The van der Waals surface area contributed by atoms with Gasteiger partial charge in [-0.05, 0) is 55.0 Å². The van der Waals surface area contributed by atoms with Gasteiger partial charge in [0.25, 0.3) is 0 Å². The Labute approximate surface area is 140 Å². The molecule has 0 N–H and O–H groups in total. The molecule has 24 heavy (non-hydrogen) atoms. The van der Waals surface area contributed by atoms with Gasteiger partial charge in [-0.25, -0.2) is 9.59 Å². The molecule has 0 heterocycles. The predicted molar refractivity (Wildman–Crippen MR) is 87.7 cm³/mol. The lowest BCUT2D eigenvalue weighted by Gasteiger charge is -2.06. The molecule has 0 atom stereocenters. The first-order chi connectivity index (χ1) is 11.6. The Morgan fingerprint density at radius 3 is 2.08 bits per heavy atom. The summed E-state index contributed by atoms with van der Waals surface area (Å²) in [6.07, 6.45) is 1.77. The Balaban J connectivity index is 1.97. The van der Waals surface area contributed by atoms with Gasteiger partial charge in [0.2, 0.25) is 0 Å². The molecule has 0 spiro atoms. The van der Waals surface area contributed by atoms with E-state index in [0.29, 0.717) is 29.0 Å². The molecule has 122 valence electrons. The molecule has 2 aromatic rings. The molecule has 0 saturated heterocycles. The van der Waals surface area contributed by atoms with Crippen LogP contribution in [0.5, 0.6) is 5.75 Å². The van der Waals surface area contributed by atoms with Crippen molar-refractivity contribution in [3.63, 3.8) is 0 Å². The van der Waals surface area contributed by atoms with Gasteiger partial charge in [-0.15, -0.1) is 0 Å². The van der Waals surface area contributed by atoms with Crippen molar-refractivity contribution in [3.8, 4) is 11.8 Å². The van der Waals surface area contributed by atoms with Crippen molar-refractivity contribution in [2.24, 2.45) is 0 Å². The fourth-order valence-corrected chi connectivity index (χ4v) is 1.90. The lowest BCUT2D eigenvalue weighted by Crippen LogP contribution is -2.10. The third-order valence-electron chi connectivity index (χ3n) is 3.28. The van der Waals surface area contributed by atoms with Crippen molar-refractivity contribution < 1.29 is 19.1 Å². The van der Waals surface area contributed by atoms with Gasteiger partial charge in [0.05, 0.1) is 29.4 Å². The summed E-state index contributed by atoms with van der Waals surface area (Å²) in [5.74, 6) is -0.594. The van der Waals surface area contributed by atoms with E-state index in [1.54, 1.807) is 24.3 Å². The number of carbonyl (C=O) groups is 2. The Kier molecular flexibility index (Phi) is 6.09. The minimum atomic E-state index is -0.536. The summed E-state index contributed by atoms with van der Waals surface area (Å²) in [7, 11) is 0. The van der Waals surface area contributed by atoms with Gasteiger partial charge in [-0.2, -0.15) is 5.26 Å². The van der Waals surface area contributed by atoms with Crippen LogP contribution >= 0.6 is 0 Å². The summed E-state index contributed by atoms with van der Waals surface area (Å²) >= 11 is 0. The first-order valence-corrected chi connectivity index (χ1v) is 7.63. The molecule has 2 aromatic carbocycles. The van der Waals surface area contributed by atoms with Gasteiger partial charge in [0.1, 0.15) is 5.75 Å². The van der Waals surface area contributed by atoms with Gasteiger partial charge in [-0.1, -0.05) is 13.3 Å². The number of hydrogen-bond acceptors (Lipinski definition) is 5. The van der Waals surface area contributed by atoms with Gasteiger partial charge < -0.3 is 9.47 Å². The molecule has 0 unspecified atom stereocenters. The van der Waals surface area contributed by atoms with Crippen LogP contribution < -0.4 is 4.74 Å². The molecule has 0 amide bonds. The van der Waals surface area contributed by atoms with E-state index in [9.17, 15) is 9.59 Å². The molecule has 0 saturated carbocycles. The number of rotatable bonds is 6. The predicted octanol–water partition coefficient (Wildman–Crippen LogP) is 3.73. The summed E-state index contributed by atoms with van der Waals surface area (Å²) in [5.41, 5.74) is 1.20. The highest BCUT2D eigenvalue weighted by atomic mass is 16.5. The van der Waals surface area contributed by atoms with Crippen LogP contribution in [-0.4, -0.2) is 18.5 Å². The lowest BCUT2D eigenvalue weighted by molar-refractivity contribution is 0.0499. The third-order valence-corrected chi connectivity index (χ3v) is 3.28. The zero-order valence-corrected chi connectivity index (χ0v) is 13.3. The van der Waals surface area contributed by atoms with Crippen LogP contribution in [0.1, 0.15) is 46.0 Å². The van der Waals surface area contributed by atoms with E-state index >= 15 is 0 Å². The molecular weight excluding hydrogens is 306 g/mol. The fraction of sp³-hybridized carbons (Fsp3) is 0.211. The topological polar surface area (TPSA) is 76.4 Å². The molecule has 5 nitrogen and oxygen atoms in total. The molecule has 2 rings (SSSR count). The van der Waals surface area contributed by atoms with Gasteiger partial charge >= 0.3 is 11.9 Å². The highest BCUT2D eigenvalue weighted by Crippen LogP contribution is 2.14. The second kappa shape index (κ2) is 8.49. The number of carbonyl (C=O) groups excluding carboxylic acids is 2. The van der Waals surface area contributed by atoms with E-state index in [2.05, 4.69) is 0 Å². The number of ether oxygens (including phenoxy) is 2. The number of hydrogen-bond donors (Lipinski definition) is 0. The summed E-state index contributed by atoms with van der Waals surface area (Å²) < 4.78 is 10.3. The van der Waals surface area contributed by atoms with Crippen LogP contribution in [0, 0.1) is 11.3 Å². The molecular formula is C19H17NO4. The second-order valence-electron chi connectivity index (χ2n) is 5.09. The Bertz CT molecular complexity index is 742. The monoisotopic (exact) mass is 323 g/mol. The maximum Gasteiger partial charge on any atom is 0.343 e. The summed E-state index contributed by atoms with van der Waals surface area (Å²) in [4.78, 5) is 23.8. The molecule has 0 radical (unpaired) electrons. The molecule has 0 aliphatic carbocycles. The Hall–Kier alpha value is -3.13. The van der Waals surface area contributed by atoms with E-state index in [-0.39, 0.29) is 0 Å². The van der Waals surface area contributed by atoms with E-state index in [1.807, 2.05) is 13.0 Å². The van der Waals surface area contributed by atoms with Crippen LogP contribution in [0.2, 0.25) is 0 Å². The van der Waals surface area contributed by atoms with Gasteiger partial charge in [-0.3, -0.25) is 0 Å². The van der Waals surface area contributed by atoms with Crippen LogP contribution in [0.3, 0.4) is 0 Å².